The van der Waals surface area contributed by atoms with Crippen LogP contribution in [0.4, 0.5) is 5.95 Å². The Bertz CT molecular complexity index is 943. The molecule has 1 heterocycles. The number of imidazole rings is 1. The number of nitrogens with zero attached hydrogens (tertiary/aromatic N) is 2. The van der Waals surface area contributed by atoms with Gasteiger partial charge in [-0.15, -0.1) is 0 Å². The van der Waals surface area contributed by atoms with E-state index in [1.165, 1.54) is 0 Å². The summed E-state index contributed by atoms with van der Waals surface area (Å²) in [6.07, 6.45) is 0. The first kappa shape index (κ1) is 16.6. The molecule has 3 rings (SSSR count). The predicted molar refractivity (Wildman–Crippen MR) is 95.3 cm³/mol. The number of para-hydroxylation sites is 1. The zero-order valence-electron chi connectivity index (χ0n) is 12.8. The number of hydrogen-bond acceptors (Lipinski definition) is 4. The lowest BCUT2D eigenvalue weighted by atomic mass is 9.96. The maximum absolute atomic E-state index is 10.7. The van der Waals surface area contributed by atoms with Gasteiger partial charge in [-0.3, -0.25) is 0 Å². The highest BCUT2D eigenvalue weighted by Crippen LogP contribution is 2.29. The number of hydrogen-bond donors (Lipinski definition) is 3. The van der Waals surface area contributed by atoms with E-state index in [1.807, 2.05) is 6.07 Å². The van der Waals surface area contributed by atoms with E-state index in [0.29, 0.717) is 32.6 Å². The molecule has 1 atom stereocenters. The third kappa shape index (κ3) is 3.17. The number of fused-ring (bicyclic) bond motifs is 1. The van der Waals surface area contributed by atoms with Crippen LogP contribution in [0, 0.1) is 11.3 Å². The van der Waals surface area contributed by atoms with Gasteiger partial charge in [-0.05, 0) is 36.8 Å². The van der Waals surface area contributed by atoms with Crippen LogP contribution in [0.5, 0.6) is 0 Å². The molecule has 0 aliphatic rings. The van der Waals surface area contributed by atoms with Crippen LogP contribution in [0.2, 0.25) is 10.0 Å². The van der Waals surface area contributed by atoms with Crippen LogP contribution in [-0.2, 0) is 5.60 Å². The van der Waals surface area contributed by atoms with Gasteiger partial charge >= 0.3 is 0 Å². The monoisotopic (exact) mass is 360 g/mol. The standard InChI is InChI=1S/C17H14Cl2N4O/c1-17(24,11-5-6-12(18)13(19)7-11)9-21-16-22-14-4-2-3-10(8-20)15(14)23-16/h2-7,24H,9H2,1H3,(H2,21,22,23). The van der Waals surface area contributed by atoms with Crippen molar-refractivity contribution in [2.45, 2.75) is 12.5 Å². The van der Waals surface area contributed by atoms with E-state index in [4.69, 9.17) is 28.5 Å². The van der Waals surface area contributed by atoms with Gasteiger partial charge in [-0.25, -0.2) is 4.98 Å². The van der Waals surface area contributed by atoms with Crippen LogP contribution in [0.3, 0.4) is 0 Å². The SMILES string of the molecule is CC(O)(CNc1nc2c(C#N)cccc2[nH]1)c1ccc(Cl)c(Cl)c1. The van der Waals surface area contributed by atoms with E-state index in [9.17, 15) is 5.11 Å². The second-order valence-corrected chi connectivity index (χ2v) is 6.47. The fourth-order valence-electron chi connectivity index (χ4n) is 2.40. The second kappa shape index (κ2) is 6.33. The molecule has 3 aromatic rings. The van der Waals surface area contributed by atoms with Gasteiger partial charge in [0, 0.05) is 0 Å². The number of aliphatic hydroxyl groups is 1. The Morgan fingerprint density at radius 2 is 2.08 bits per heavy atom. The van der Waals surface area contributed by atoms with Crippen LogP contribution in [0.15, 0.2) is 36.4 Å². The number of nitriles is 1. The van der Waals surface area contributed by atoms with Crippen molar-refractivity contribution in [3.05, 3.63) is 57.6 Å². The molecule has 1 aromatic heterocycles. The molecule has 0 saturated heterocycles. The van der Waals surface area contributed by atoms with Gasteiger partial charge in [-0.1, -0.05) is 35.3 Å². The number of aromatic nitrogens is 2. The maximum atomic E-state index is 10.7. The van der Waals surface area contributed by atoms with Crippen molar-refractivity contribution in [1.29, 1.82) is 5.26 Å². The summed E-state index contributed by atoms with van der Waals surface area (Å²) in [4.78, 5) is 7.45. The van der Waals surface area contributed by atoms with E-state index in [-0.39, 0.29) is 6.54 Å². The Hall–Kier alpha value is -2.26. The molecule has 24 heavy (non-hydrogen) atoms. The average molecular weight is 361 g/mol. The van der Waals surface area contributed by atoms with Gasteiger partial charge < -0.3 is 15.4 Å². The molecule has 3 N–H and O–H groups in total. The van der Waals surface area contributed by atoms with Gasteiger partial charge in [-0.2, -0.15) is 5.26 Å². The van der Waals surface area contributed by atoms with Crippen LogP contribution >= 0.6 is 23.2 Å². The number of aromatic amines is 1. The highest BCUT2D eigenvalue weighted by molar-refractivity contribution is 6.42. The number of benzene rings is 2. The van der Waals surface area contributed by atoms with Crippen LogP contribution in [-0.4, -0.2) is 21.6 Å². The highest BCUT2D eigenvalue weighted by Gasteiger charge is 2.24. The van der Waals surface area contributed by atoms with Crippen LogP contribution < -0.4 is 5.32 Å². The molecule has 0 aliphatic carbocycles. The summed E-state index contributed by atoms with van der Waals surface area (Å²) in [5, 5.41) is 23.7. The van der Waals surface area contributed by atoms with Crippen molar-refractivity contribution >= 4 is 40.2 Å². The van der Waals surface area contributed by atoms with Crippen LogP contribution in [0.1, 0.15) is 18.1 Å². The number of rotatable bonds is 4. The van der Waals surface area contributed by atoms with Gasteiger partial charge in [0.2, 0.25) is 5.95 Å². The summed E-state index contributed by atoms with van der Waals surface area (Å²) in [5.41, 5.74) is 1.30. The Morgan fingerprint density at radius 3 is 2.79 bits per heavy atom. The summed E-state index contributed by atoms with van der Waals surface area (Å²) in [6, 6.07) is 12.4. The van der Waals surface area contributed by atoms with E-state index in [1.54, 1.807) is 37.3 Å². The van der Waals surface area contributed by atoms with Gasteiger partial charge in [0.05, 0.1) is 27.7 Å². The summed E-state index contributed by atoms with van der Waals surface area (Å²) in [5.74, 6) is 0.480. The predicted octanol–water partition coefficient (Wildman–Crippen LogP) is 4.06. The Morgan fingerprint density at radius 1 is 1.29 bits per heavy atom. The van der Waals surface area contributed by atoms with Crippen molar-refractivity contribution in [2.75, 3.05) is 11.9 Å². The van der Waals surface area contributed by atoms with Crippen LogP contribution in [0.25, 0.3) is 11.0 Å². The first-order chi connectivity index (χ1) is 11.4. The number of H-pyrrole nitrogens is 1. The number of halogens is 2. The molecule has 122 valence electrons. The van der Waals surface area contributed by atoms with E-state index < -0.39 is 5.60 Å². The largest absolute Gasteiger partial charge is 0.384 e. The minimum atomic E-state index is -1.18. The molecule has 0 amide bonds. The summed E-state index contributed by atoms with van der Waals surface area (Å²) < 4.78 is 0. The Balaban J connectivity index is 1.82. The summed E-state index contributed by atoms with van der Waals surface area (Å²) in [7, 11) is 0. The van der Waals surface area contributed by atoms with Gasteiger partial charge in [0.1, 0.15) is 17.2 Å². The fraction of sp³-hybridized carbons (Fsp3) is 0.176. The van der Waals surface area contributed by atoms with E-state index >= 15 is 0 Å². The normalized spacial score (nSPS) is 13.5. The smallest absolute Gasteiger partial charge is 0.201 e. The molecule has 0 bridgehead atoms. The molecule has 5 nitrogen and oxygen atoms in total. The van der Waals surface area contributed by atoms with Crippen molar-refractivity contribution in [3.8, 4) is 6.07 Å². The second-order valence-electron chi connectivity index (χ2n) is 5.66. The average Bonchev–Trinajstić information content (AvgIpc) is 2.98. The quantitative estimate of drug-likeness (QED) is 0.654. The molecule has 0 aliphatic heterocycles. The topological polar surface area (TPSA) is 84.7 Å². The van der Waals surface area contributed by atoms with Crippen molar-refractivity contribution in [2.24, 2.45) is 0 Å². The van der Waals surface area contributed by atoms with Crippen molar-refractivity contribution in [3.63, 3.8) is 0 Å². The molecule has 7 heteroatoms. The third-order valence-corrected chi connectivity index (χ3v) is 4.51. The number of nitrogens with one attached hydrogen (secondary N) is 2. The molecule has 0 spiro atoms. The zero-order valence-corrected chi connectivity index (χ0v) is 14.3. The van der Waals surface area contributed by atoms with Crippen molar-refractivity contribution < 1.29 is 5.11 Å². The first-order valence-corrected chi connectivity index (χ1v) is 7.97. The summed E-state index contributed by atoms with van der Waals surface area (Å²) >= 11 is 11.9. The molecule has 0 fully saturated rings. The van der Waals surface area contributed by atoms with Gasteiger partial charge in [0.15, 0.2) is 0 Å². The first-order valence-electron chi connectivity index (χ1n) is 7.21. The third-order valence-electron chi connectivity index (χ3n) is 3.77. The highest BCUT2D eigenvalue weighted by atomic mass is 35.5. The number of anilines is 1. The lowest BCUT2D eigenvalue weighted by molar-refractivity contribution is 0.0714. The molecule has 2 aromatic carbocycles. The lowest BCUT2D eigenvalue weighted by Gasteiger charge is -2.24. The summed E-state index contributed by atoms with van der Waals surface area (Å²) in [6.45, 7) is 1.87. The Kier molecular flexibility index (Phi) is 4.37. The van der Waals surface area contributed by atoms with E-state index in [2.05, 4.69) is 21.4 Å². The molecule has 0 radical (unpaired) electrons. The van der Waals surface area contributed by atoms with E-state index in [0.717, 1.165) is 5.52 Å². The Labute approximate surface area is 148 Å². The minimum absolute atomic E-state index is 0.201. The van der Waals surface area contributed by atoms with Crippen molar-refractivity contribution in [1.82, 2.24) is 9.97 Å². The lowest BCUT2D eigenvalue weighted by Crippen LogP contribution is -2.31. The molecule has 0 saturated carbocycles. The maximum Gasteiger partial charge on any atom is 0.201 e. The molecule has 1 unspecified atom stereocenters. The minimum Gasteiger partial charge on any atom is -0.384 e. The zero-order chi connectivity index (χ0) is 17.3. The van der Waals surface area contributed by atoms with Gasteiger partial charge in [0.25, 0.3) is 0 Å². The molecular formula is C17H14Cl2N4O. The fourth-order valence-corrected chi connectivity index (χ4v) is 2.69. The molecular weight excluding hydrogens is 347 g/mol.